The maximum Gasteiger partial charge on any atom is 0.252 e. The van der Waals surface area contributed by atoms with E-state index in [9.17, 15) is 4.79 Å². The number of benzene rings is 1. The summed E-state index contributed by atoms with van der Waals surface area (Å²) in [6.07, 6.45) is 0.675. The van der Waals surface area contributed by atoms with Gasteiger partial charge in [-0.25, -0.2) is 4.98 Å². The van der Waals surface area contributed by atoms with Gasteiger partial charge in [-0.15, -0.1) is 0 Å². The number of anilines is 1. The van der Waals surface area contributed by atoms with Crippen molar-refractivity contribution in [1.29, 1.82) is 5.26 Å². The van der Waals surface area contributed by atoms with Crippen LogP contribution in [0.5, 0.6) is 0 Å². The fourth-order valence-corrected chi connectivity index (χ4v) is 1.71. The predicted octanol–water partition coefficient (Wildman–Crippen LogP) is 1.82. The molecule has 2 rings (SSSR count). The van der Waals surface area contributed by atoms with Gasteiger partial charge in [0.25, 0.3) is 5.56 Å². The molecule has 1 aromatic carbocycles. The van der Waals surface area contributed by atoms with Crippen molar-refractivity contribution < 1.29 is 0 Å². The van der Waals surface area contributed by atoms with Gasteiger partial charge in [-0.3, -0.25) is 4.79 Å². The van der Waals surface area contributed by atoms with Crippen molar-refractivity contribution in [2.75, 3.05) is 5.32 Å². The van der Waals surface area contributed by atoms with Crippen LogP contribution in [0.4, 0.5) is 5.82 Å². The Morgan fingerprint density at radius 3 is 3.00 bits per heavy atom. The average Bonchev–Trinajstić information content (AvgIpc) is 2.44. The molecule has 19 heavy (non-hydrogen) atoms. The molecule has 0 spiro atoms. The van der Waals surface area contributed by atoms with Gasteiger partial charge in [0, 0.05) is 19.0 Å². The largest absolute Gasteiger partial charge is 0.366 e. The second-order valence-corrected chi connectivity index (χ2v) is 4.10. The molecule has 1 aromatic heterocycles. The van der Waals surface area contributed by atoms with E-state index < -0.39 is 0 Å². The molecule has 0 aliphatic heterocycles. The van der Waals surface area contributed by atoms with Crippen LogP contribution >= 0.6 is 0 Å². The van der Waals surface area contributed by atoms with Crippen LogP contribution in [0, 0.1) is 11.3 Å². The fourth-order valence-electron chi connectivity index (χ4n) is 1.71. The van der Waals surface area contributed by atoms with Crippen LogP contribution in [0.2, 0.25) is 0 Å². The third kappa shape index (κ3) is 3.42. The molecule has 0 aliphatic rings. The Morgan fingerprint density at radius 2 is 2.26 bits per heavy atom. The molecule has 0 unspecified atom stereocenters. The van der Waals surface area contributed by atoms with Crippen LogP contribution in [0.25, 0.3) is 0 Å². The highest BCUT2D eigenvalue weighted by atomic mass is 16.1. The van der Waals surface area contributed by atoms with Gasteiger partial charge in [0.05, 0.1) is 11.6 Å². The average molecular weight is 254 g/mol. The van der Waals surface area contributed by atoms with E-state index >= 15 is 0 Å². The number of nitrogens with zero attached hydrogens (tertiary/aromatic N) is 2. The fraction of sp³-hybridized carbons (Fsp3) is 0.214. The zero-order chi connectivity index (χ0) is 13.7. The normalized spacial score (nSPS) is 9.89. The molecule has 5 heteroatoms. The standard InChI is InChI=1S/C14H14N4O/c1-2-12-17-13(7-14(19)18-12)16-9-11-5-3-4-10(6-11)8-15/h3-7H,2,9H2,1H3,(H2,16,17,18,19). The van der Waals surface area contributed by atoms with E-state index in [0.29, 0.717) is 30.2 Å². The van der Waals surface area contributed by atoms with Gasteiger partial charge in [0.1, 0.15) is 11.6 Å². The Kier molecular flexibility index (Phi) is 3.94. The van der Waals surface area contributed by atoms with Crippen LogP contribution in [0.3, 0.4) is 0 Å². The smallest absolute Gasteiger partial charge is 0.252 e. The van der Waals surface area contributed by atoms with Crippen molar-refractivity contribution in [3.05, 3.63) is 57.6 Å². The molecule has 0 fully saturated rings. The molecule has 0 aliphatic carbocycles. The molecule has 0 saturated heterocycles. The van der Waals surface area contributed by atoms with E-state index in [2.05, 4.69) is 21.4 Å². The molecule has 2 N–H and O–H groups in total. The van der Waals surface area contributed by atoms with Gasteiger partial charge < -0.3 is 10.3 Å². The quantitative estimate of drug-likeness (QED) is 0.871. The highest BCUT2D eigenvalue weighted by Crippen LogP contribution is 2.07. The lowest BCUT2D eigenvalue weighted by Crippen LogP contribution is -2.13. The number of aromatic nitrogens is 2. The first-order valence-electron chi connectivity index (χ1n) is 6.04. The Labute approximate surface area is 110 Å². The SMILES string of the molecule is CCc1nc(NCc2cccc(C#N)c2)cc(=O)[nH]1. The Bertz CT molecular complexity index is 670. The number of nitrogens with one attached hydrogen (secondary N) is 2. The number of hydrogen-bond acceptors (Lipinski definition) is 4. The topological polar surface area (TPSA) is 81.6 Å². The zero-order valence-electron chi connectivity index (χ0n) is 10.6. The molecule has 5 nitrogen and oxygen atoms in total. The van der Waals surface area contributed by atoms with Gasteiger partial charge in [-0.05, 0) is 17.7 Å². The minimum absolute atomic E-state index is 0.167. The molecule has 1 heterocycles. The van der Waals surface area contributed by atoms with Gasteiger partial charge in [-0.1, -0.05) is 19.1 Å². The monoisotopic (exact) mass is 254 g/mol. The maximum absolute atomic E-state index is 11.4. The van der Waals surface area contributed by atoms with Crippen molar-refractivity contribution in [3.8, 4) is 6.07 Å². The summed E-state index contributed by atoms with van der Waals surface area (Å²) < 4.78 is 0. The third-order valence-electron chi connectivity index (χ3n) is 2.66. The number of hydrogen-bond donors (Lipinski definition) is 2. The van der Waals surface area contributed by atoms with Crippen LogP contribution in [-0.2, 0) is 13.0 Å². The number of rotatable bonds is 4. The molecular formula is C14H14N4O. The lowest BCUT2D eigenvalue weighted by molar-refractivity contribution is 0.914. The van der Waals surface area contributed by atoms with Gasteiger partial charge in [0.15, 0.2) is 0 Å². The molecule has 0 amide bonds. The van der Waals surface area contributed by atoms with Gasteiger partial charge >= 0.3 is 0 Å². The van der Waals surface area contributed by atoms with E-state index in [0.717, 1.165) is 5.56 Å². The zero-order valence-corrected chi connectivity index (χ0v) is 10.6. The van der Waals surface area contributed by atoms with Crippen molar-refractivity contribution in [1.82, 2.24) is 9.97 Å². The number of nitriles is 1. The van der Waals surface area contributed by atoms with Crippen molar-refractivity contribution in [3.63, 3.8) is 0 Å². The molecule has 0 saturated carbocycles. The van der Waals surface area contributed by atoms with Crippen LogP contribution in [0.15, 0.2) is 35.1 Å². The Morgan fingerprint density at radius 1 is 1.42 bits per heavy atom. The molecule has 2 aromatic rings. The van der Waals surface area contributed by atoms with E-state index in [1.807, 2.05) is 19.1 Å². The lowest BCUT2D eigenvalue weighted by atomic mass is 10.1. The highest BCUT2D eigenvalue weighted by molar-refractivity contribution is 5.37. The number of H-pyrrole nitrogens is 1. The molecule has 0 bridgehead atoms. The Balaban J connectivity index is 2.12. The van der Waals surface area contributed by atoms with Gasteiger partial charge in [0.2, 0.25) is 0 Å². The molecule has 0 atom stereocenters. The molecule has 0 radical (unpaired) electrons. The maximum atomic E-state index is 11.4. The van der Waals surface area contributed by atoms with Crippen molar-refractivity contribution >= 4 is 5.82 Å². The summed E-state index contributed by atoms with van der Waals surface area (Å²) in [5.74, 6) is 1.20. The van der Waals surface area contributed by atoms with E-state index in [4.69, 9.17) is 5.26 Å². The first-order valence-corrected chi connectivity index (χ1v) is 6.04. The minimum atomic E-state index is -0.167. The summed E-state index contributed by atoms with van der Waals surface area (Å²) in [7, 11) is 0. The van der Waals surface area contributed by atoms with Crippen LogP contribution < -0.4 is 10.9 Å². The summed E-state index contributed by atoms with van der Waals surface area (Å²) in [6, 6.07) is 10.8. The summed E-state index contributed by atoms with van der Waals surface area (Å²) in [5.41, 5.74) is 1.42. The first kappa shape index (κ1) is 12.8. The van der Waals surface area contributed by atoms with Crippen molar-refractivity contribution in [2.24, 2.45) is 0 Å². The number of aromatic amines is 1. The lowest BCUT2D eigenvalue weighted by Gasteiger charge is -2.06. The molecular weight excluding hydrogens is 240 g/mol. The van der Waals surface area contributed by atoms with Crippen LogP contribution in [0.1, 0.15) is 23.9 Å². The summed E-state index contributed by atoms with van der Waals surface area (Å²) in [4.78, 5) is 18.3. The Hall–Kier alpha value is -2.61. The van der Waals surface area contributed by atoms with Crippen LogP contribution in [-0.4, -0.2) is 9.97 Å². The minimum Gasteiger partial charge on any atom is -0.366 e. The number of aryl methyl sites for hydroxylation is 1. The summed E-state index contributed by atoms with van der Waals surface area (Å²) >= 11 is 0. The van der Waals surface area contributed by atoms with Gasteiger partial charge in [-0.2, -0.15) is 5.26 Å². The van der Waals surface area contributed by atoms with E-state index in [1.54, 1.807) is 12.1 Å². The van der Waals surface area contributed by atoms with Crippen molar-refractivity contribution in [2.45, 2.75) is 19.9 Å². The summed E-state index contributed by atoms with van der Waals surface area (Å²) in [6.45, 7) is 2.45. The highest BCUT2D eigenvalue weighted by Gasteiger charge is 2.00. The van der Waals surface area contributed by atoms with E-state index in [-0.39, 0.29) is 5.56 Å². The summed E-state index contributed by atoms with van der Waals surface area (Å²) in [5, 5.41) is 11.9. The second-order valence-electron chi connectivity index (χ2n) is 4.10. The molecule has 96 valence electrons. The first-order chi connectivity index (χ1) is 9.21. The third-order valence-corrected chi connectivity index (χ3v) is 2.66. The van der Waals surface area contributed by atoms with E-state index in [1.165, 1.54) is 6.07 Å². The predicted molar refractivity (Wildman–Crippen MR) is 72.7 cm³/mol. The second kappa shape index (κ2) is 5.83.